The summed E-state index contributed by atoms with van der Waals surface area (Å²) in [6.45, 7) is 2.23. The number of fused-ring (bicyclic) bond motifs is 2. The zero-order chi connectivity index (χ0) is 23.3. The second-order valence-corrected chi connectivity index (χ2v) is 8.87. The van der Waals surface area contributed by atoms with Gasteiger partial charge in [-0.2, -0.15) is 0 Å². The number of nitrogens with zero attached hydrogens (tertiary/aromatic N) is 6. The predicted molar refractivity (Wildman–Crippen MR) is 120 cm³/mol. The lowest BCUT2D eigenvalue weighted by atomic mass is 10.1. The molecule has 33 heavy (non-hydrogen) atoms. The molecule has 13 heteroatoms. The third kappa shape index (κ3) is 3.58. The molecule has 1 amide bonds. The summed E-state index contributed by atoms with van der Waals surface area (Å²) in [7, 11) is 0. The average Bonchev–Trinajstić information content (AvgIpc) is 3.45. The predicted octanol–water partition coefficient (Wildman–Crippen LogP) is 0.288. The van der Waals surface area contributed by atoms with Crippen LogP contribution in [0.3, 0.4) is 0 Å². The van der Waals surface area contributed by atoms with E-state index in [1.165, 1.54) is 29.0 Å². The Kier molecular flexibility index (Phi) is 5.40. The normalized spacial score (nSPS) is 23.0. The van der Waals surface area contributed by atoms with Crippen molar-refractivity contribution < 1.29 is 19.7 Å². The van der Waals surface area contributed by atoms with Gasteiger partial charge in [0.2, 0.25) is 5.91 Å². The van der Waals surface area contributed by atoms with Crippen LogP contribution in [0.4, 0.5) is 5.82 Å². The molecule has 3 aromatic heterocycles. The molecule has 0 unspecified atom stereocenters. The Hall–Kier alpha value is -3.26. The summed E-state index contributed by atoms with van der Waals surface area (Å²) in [5, 5.41) is 22.3. The zero-order valence-corrected chi connectivity index (χ0v) is 18.4. The van der Waals surface area contributed by atoms with E-state index in [1.54, 1.807) is 18.2 Å². The van der Waals surface area contributed by atoms with E-state index >= 15 is 0 Å². The zero-order valence-electron chi connectivity index (χ0n) is 17.6. The fraction of sp³-hybridized carbons (Fsp3) is 0.350. The van der Waals surface area contributed by atoms with E-state index in [1.807, 2.05) is 11.5 Å². The van der Waals surface area contributed by atoms with Gasteiger partial charge in [-0.3, -0.25) is 9.36 Å². The van der Waals surface area contributed by atoms with Crippen molar-refractivity contribution in [2.45, 2.75) is 43.2 Å². The van der Waals surface area contributed by atoms with Gasteiger partial charge in [0.05, 0.1) is 23.9 Å². The lowest BCUT2D eigenvalue weighted by Gasteiger charge is -2.17. The van der Waals surface area contributed by atoms with Crippen LogP contribution in [-0.4, -0.2) is 69.3 Å². The molecule has 6 N–H and O–H groups in total. The molecule has 5 rings (SSSR count). The quantitative estimate of drug-likeness (QED) is 0.286. The topological polar surface area (TPSA) is 180 Å². The van der Waals surface area contributed by atoms with Crippen molar-refractivity contribution in [3.05, 3.63) is 36.4 Å². The number of rotatable bonds is 6. The van der Waals surface area contributed by atoms with E-state index in [9.17, 15) is 15.0 Å². The molecule has 0 aliphatic carbocycles. The Labute approximate surface area is 191 Å². The molecule has 0 spiro atoms. The molecule has 0 radical (unpaired) electrons. The monoisotopic (exact) mass is 470 g/mol. The van der Waals surface area contributed by atoms with Crippen LogP contribution >= 0.6 is 11.8 Å². The molecular formula is C20H22N8O4S. The van der Waals surface area contributed by atoms with Crippen LogP contribution in [-0.2, 0) is 11.3 Å². The number of anilines is 1. The van der Waals surface area contributed by atoms with E-state index in [4.69, 9.17) is 16.2 Å². The second kappa shape index (κ2) is 8.26. The number of nitrogens with two attached hydrogens (primary N) is 2. The van der Waals surface area contributed by atoms with Gasteiger partial charge in [-0.15, -0.1) is 0 Å². The van der Waals surface area contributed by atoms with Crippen LogP contribution < -0.4 is 11.5 Å². The van der Waals surface area contributed by atoms with E-state index in [2.05, 4.69) is 19.9 Å². The maximum absolute atomic E-state index is 11.6. The number of carbonyl (C=O) groups excluding carboxylic acids is 1. The van der Waals surface area contributed by atoms with Gasteiger partial charge >= 0.3 is 0 Å². The van der Waals surface area contributed by atoms with Crippen LogP contribution in [0.5, 0.6) is 0 Å². The number of amides is 1. The smallest absolute Gasteiger partial charge is 0.248 e. The molecule has 1 aliphatic heterocycles. The number of nitrogen functional groups attached to an aromatic ring is 1. The summed E-state index contributed by atoms with van der Waals surface area (Å²) < 4.78 is 9.53. The SMILES string of the molecule is CCSc1nc2cc(C(N)=O)ccc2n1C[C@H]1O[C@@H](n2cnc3c(N)ncnc32)[C@H](O)[C@@H]1O. The van der Waals surface area contributed by atoms with Crippen molar-refractivity contribution >= 4 is 45.7 Å². The Morgan fingerprint density at radius 1 is 1.24 bits per heavy atom. The second-order valence-electron chi connectivity index (χ2n) is 7.63. The molecule has 1 fully saturated rings. The molecule has 1 aliphatic rings. The van der Waals surface area contributed by atoms with E-state index in [0.29, 0.717) is 27.4 Å². The van der Waals surface area contributed by atoms with Gasteiger partial charge in [-0.25, -0.2) is 19.9 Å². The average molecular weight is 471 g/mol. The Balaban J connectivity index is 1.48. The minimum absolute atomic E-state index is 0.213. The van der Waals surface area contributed by atoms with Gasteiger partial charge in [0.15, 0.2) is 22.8 Å². The minimum Gasteiger partial charge on any atom is -0.387 e. The number of benzene rings is 1. The first kappa shape index (κ1) is 21.6. The summed E-state index contributed by atoms with van der Waals surface area (Å²) in [5.74, 6) is 0.450. The number of aliphatic hydroxyl groups is 2. The summed E-state index contributed by atoms with van der Waals surface area (Å²) in [6, 6.07) is 5.04. The summed E-state index contributed by atoms with van der Waals surface area (Å²) >= 11 is 1.52. The third-order valence-electron chi connectivity index (χ3n) is 5.63. The van der Waals surface area contributed by atoms with Crippen molar-refractivity contribution in [3.63, 3.8) is 0 Å². The number of thioether (sulfide) groups is 1. The number of hydrogen-bond donors (Lipinski definition) is 4. The highest BCUT2D eigenvalue weighted by atomic mass is 32.2. The number of carbonyl (C=O) groups is 1. The number of primary amides is 1. The first-order valence-corrected chi connectivity index (χ1v) is 11.2. The molecular weight excluding hydrogens is 448 g/mol. The van der Waals surface area contributed by atoms with Crippen LogP contribution in [0.2, 0.25) is 0 Å². The van der Waals surface area contributed by atoms with Gasteiger partial charge < -0.3 is 31.0 Å². The summed E-state index contributed by atoms with van der Waals surface area (Å²) in [6.07, 6.45) is -1.30. The molecule has 1 saturated heterocycles. The van der Waals surface area contributed by atoms with Crippen molar-refractivity contribution in [1.82, 2.24) is 29.1 Å². The first-order valence-electron chi connectivity index (χ1n) is 10.3. The molecule has 12 nitrogen and oxygen atoms in total. The van der Waals surface area contributed by atoms with Crippen LogP contribution in [0.25, 0.3) is 22.2 Å². The highest BCUT2D eigenvalue weighted by molar-refractivity contribution is 7.99. The summed E-state index contributed by atoms with van der Waals surface area (Å²) in [5.41, 5.74) is 13.8. The Morgan fingerprint density at radius 3 is 2.82 bits per heavy atom. The fourth-order valence-electron chi connectivity index (χ4n) is 4.02. The van der Waals surface area contributed by atoms with Gasteiger partial charge in [0.25, 0.3) is 0 Å². The number of ether oxygens (including phenoxy) is 1. The number of imidazole rings is 2. The lowest BCUT2D eigenvalue weighted by Crippen LogP contribution is -2.33. The van der Waals surface area contributed by atoms with Gasteiger partial charge in [0, 0.05) is 5.56 Å². The van der Waals surface area contributed by atoms with Crippen molar-refractivity contribution in [2.24, 2.45) is 5.73 Å². The maximum Gasteiger partial charge on any atom is 0.248 e. The maximum atomic E-state index is 11.6. The molecule has 4 atom stereocenters. The standard InChI is InChI=1S/C20H22N8O4S/c1-2-33-20-26-10-5-9(17(22)31)3-4-11(10)27(20)6-12-14(29)15(30)19(32-12)28-8-25-13-16(21)23-7-24-18(13)28/h3-5,7-8,12,14-15,19,29-30H,2,6H2,1H3,(H2,22,31)(H2,21,23,24)/t12-,14-,15-,19-/m1/s1. The van der Waals surface area contributed by atoms with Gasteiger partial charge in [-0.1, -0.05) is 18.7 Å². The van der Waals surface area contributed by atoms with Crippen molar-refractivity contribution in [3.8, 4) is 0 Å². The highest BCUT2D eigenvalue weighted by Gasteiger charge is 2.44. The van der Waals surface area contributed by atoms with Crippen molar-refractivity contribution in [1.29, 1.82) is 0 Å². The largest absolute Gasteiger partial charge is 0.387 e. The van der Waals surface area contributed by atoms with Crippen LogP contribution in [0, 0.1) is 0 Å². The van der Waals surface area contributed by atoms with Gasteiger partial charge in [-0.05, 0) is 24.0 Å². The minimum atomic E-state index is -1.22. The third-order valence-corrected chi connectivity index (χ3v) is 6.49. The molecule has 0 saturated carbocycles. The Morgan fingerprint density at radius 2 is 2.06 bits per heavy atom. The summed E-state index contributed by atoms with van der Waals surface area (Å²) in [4.78, 5) is 28.5. The highest BCUT2D eigenvalue weighted by Crippen LogP contribution is 2.34. The van der Waals surface area contributed by atoms with Crippen LogP contribution in [0.1, 0.15) is 23.5 Å². The first-order chi connectivity index (χ1) is 15.9. The molecule has 1 aromatic carbocycles. The lowest BCUT2D eigenvalue weighted by molar-refractivity contribution is -0.0396. The van der Waals surface area contributed by atoms with Crippen LogP contribution in [0.15, 0.2) is 36.0 Å². The Bertz CT molecular complexity index is 1350. The number of hydrogen-bond acceptors (Lipinski definition) is 10. The molecule has 4 heterocycles. The van der Waals surface area contributed by atoms with E-state index in [-0.39, 0.29) is 12.4 Å². The molecule has 0 bridgehead atoms. The molecule has 172 valence electrons. The number of aliphatic hydroxyl groups excluding tert-OH is 2. The van der Waals surface area contributed by atoms with Crippen molar-refractivity contribution in [2.75, 3.05) is 11.5 Å². The molecule has 4 aromatic rings. The fourth-order valence-corrected chi connectivity index (χ4v) is 4.77. The van der Waals surface area contributed by atoms with E-state index in [0.717, 1.165) is 11.3 Å². The van der Waals surface area contributed by atoms with E-state index < -0.39 is 30.4 Å². The number of aromatic nitrogens is 6. The van der Waals surface area contributed by atoms with Gasteiger partial charge in [0.1, 0.15) is 30.2 Å².